The summed E-state index contributed by atoms with van der Waals surface area (Å²) in [5.74, 6) is -0.180. The fourth-order valence-electron chi connectivity index (χ4n) is 1.33. The summed E-state index contributed by atoms with van der Waals surface area (Å²) in [7, 11) is 1.49. The number of carbonyl (C=O) groups excluding carboxylic acids is 1. The van der Waals surface area contributed by atoms with Crippen molar-refractivity contribution in [1.82, 2.24) is 5.32 Å². The van der Waals surface area contributed by atoms with Gasteiger partial charge in [-0.15, -0.1) is 0 Å². The average molecular weight is 217 g/mol. The lowest BCUT2D eigenvalue weighted by molar-refractivity contribution is -0.131. The molecule has 0 heterocycles. The minimum absolute atomic E-state index is 0.0422. The van der Waals surface area contributed by atoms with Gasteiger partial charge in [-0.05, 0) is 18.8 Å². The maximum atomic E-state index is 11.5. The van der Waals surface area contributed by atoms with Crippen LogP contribution >= 0.6 is 0 Å². The zero-order valence-corrected chi connectivity index (χ0v) is 10.3. The number of rotatable bonds is 5. The van der Waals surface area contributed by atoms with Crippen molar-refractivity contribution < 1.29 is 14.6 Å². The Kier molecular flexibility index (Phi) is 5.83. The van der Waals surface area contributed by atoms with E-state index >= 15 is 0 Å². The van der Waals surface area contributed by atoms with Gasteiger partial charge in [-0.2, -0.15) is 0 Å². The molecule has 0 aromatic heterocycles. The normalized spacial score (nSPS) is 15.9. The number of ether oxygens (including phenoxy) is 1. The lowest BCUT2D eigenvalue weighted by Crippen LogP contribution is -2.44. The fourth-order valence-corrected chi connectivity index (χ4v) is 1.33. The molecular formula is C11H23NO3. The van der Waals surface area contributed by atoms with Crippen molar-refractivity contribution in [3.63, 3.8) is 0 Å². The molecule has 0 bridgehead atoms. The van der Waals surface area contributed by atoms with Crippen LogP contribution in [0.1, 0.15) is 34.1 Å². The average Bonchev–Trinajstić information content (AvgIpc) is 2.13. The Morgan fingerprint density at radius 1 is 1.47 bits per heavy atom. The van der Waals surface area contributed by atoms with Crippen LogP contribution in [-0.4, -0.2) is 36.9 Å². The Hall–Kier alpha value is -0.610. The summed E-state index contributed by atoms with van der Waals surface area (Å²) >= 11 is 0. The molecule has 90 valence electrons. The number of carbonyl (C=O) groups is 1. The first kappa shape index (κ1) is 14.4. The van der Waals surface area contributed by atoms with Gasteiger partial charge in [0.15, 0.2) is 0 Å². The van der Waals surface area contributed by atoms with Gasteiger partial charge >= 0.3 is 0 Å². The number of aliphatic hydroxyl groups excluding tert-OH is 1. The Morgan fingerprint density at radius 2 is 2.00 bits per heavy atom. The van der Waals surface area contributed by atoms with E-state index in [9.17, 15) is 4.79 Å². The largest absolute Gasteiger partial charge is 0.394 e. The zero-order valence-electron chi connectivity index (χ0n) is 10.3. The molecule has 0 saturated carbocycles. The molecule has 0 aromatic rings. The van der Waals surface area contributed by atoms with E-state index < -0.39 is 6.10 Å². The standard InChI is InChI=1S/C11H23NO3/c1-8(15-5)10(14)12-9(7-13)6-11(2,3)4/h8-9,13H,6-7H2,1-5H3,(H,12,14). The highest BCUT2D eigenvalue weighted by Crippen LogP contribution is 2.20. The van der Waals surface area contributed by atoms with Crippen LogP contribution in [0.25, 0.3) is 0 Å². The van der Waals surface area contributed by atoms with Crippen molar-refractivity contribution >= 4 is 5.91 Å². The van der Waals surface area contributed by atoms with E-state index in [0.717, 1.165) is 6.42 Å². The number of methoxy groups -OCH3 is 1. The van der Waals surface area contributed by atoms with Crippen LogP contribution in [0.2, 0.25) is 0 Å². The summed E-state index contributed by atoms with van der Waals surface area (Å²) in [6.07, 6.45) is 0.269. The van der Waals surface area contributed by atoms with Crippen LogP contribution in [-0.2, 0) is 9.53 Å². The third kappa shape index (κ3) is 6.47. The van der Waals surface area contributed by atoms with E-state index in [1.807, 2.05) is 0 Å². The Morgan fingerprint density at radius 3 is 2.33 bits per heavy atom. The molecule has 0 aromatic carbocycles. The van der Waals surface area contributed by atoms with Gasteiger partial charge in [-0.25, -0.2) is 0 Å². The monoisotopic (exact) mass is 217 g/mol. The van der Waals surface area contributed by atoms with Crippen molar-refractivity contribution in [3.8, 4) is 0 Å². The van der Waals surface area contributed by atoms with Crippen LogP contribution in [0.15, 0.2) is 0 Å². The van der Waals surface area contributed by atoms with Crippen molar-refractivity contribution in [2.45, 2.75) is 46.3 Å². The summed E-state index contributed by atoms with van der Waals surface area (Å²) in [5.41, 5.74) is 0.0803. The molecule has 4 heteroatoms. The number of aliphatic hydroxyl groups is 1. The van der Waals surface area contributed by atoms with Crippen molar-refractivity contribution in [1.29, 1.82) is 0 Å². The predicted molar refractivity (Wildman–Crippen MR) is 59.6 cm³/mol. The number of hydrogen-bond donors (Lipinski definition) is 2. The quantitative estimate of drug-likeness (QED) is 0.720. The smallest absolute Gasteiger partial charge is 0.249 e. The van der Waals surface area contributed by atoms with E-state index in [1.54, 1.807) is 6.92 Å². The second-order valence-corrected chi connectivity index (χ2v) is 5.03. The summed E-state index contributed by atoms with van der Waals surface area (Å²) in [5, 5.41) is 11.9. The maximum absolute atomic E-state index is 11.5. The van der Waals surface area contributed by atoms with Crippen LogP contribution in [0.4, 0.5) is 0 Å². The zero-order chi connectivity index (χ0) is 12.1. The lowest BCUT2D eigenvalue weighted by atomic mass is 9.88. The third-order valence-corrected chi connectivity index (χ3v) is 2.15. The third-order valence-electron chi connectivity index (χ3n) is 2.15. The molecule has 0 aliphatic rings. The first-order valence-corrected chi connectivity index (χ1v) is 5.24. The van der Waals surface area contributed by atoms with Crippen LogP contribution in [0.5, 0.6) is 0 Å². The molecule has 0 rings (SSSR count). The van der Waals surface area contributed by atoms with Crippen LogP contribution in [0, 0.1) is 5.41 Å². The first-order valence-electron chi connectivity index (χ1n) is 5.24. The molecule has 0 fully saturated rings. The first-order chi connectivity index (χ1) is 6.80. The summed E-state index contributed by atoms with van der Waals surface area (Å²) < 4.78 is 4.89. The molecule has 0 aliphatic carbocycles. The second kappa shape index (κ2) is 6.08. The Bertz CT molecular complexity index is 198. The number of nitrogens with one attached hydrogen (secondary N) is 1. The second-order valence-electron chi connectivity index (χ2n) is 5.03. The van der Waals surface area contributed by atoms with Crippen LogP contribution < -0.4 is 5.32 Å². The minimum atomic E-state index is -0.473. The molecule has 0 radical (unpaired) electrons. The highest BCUT2D eigenvalue weighted by atomic mass is 16.5. The van der Waals surface area contributed by atoms with Crippen LogP contribution in [0.3, 0.4) is 0 Å². The van der Waals surface area contributed by atoms with Gasteiger partial charge in [0.05, 0.1) is 12.6 Å². The SMILES string of the molecule is COC(C)C(=O)NC(CO)CC(C)(C)C. The van der Waals surface area contributed by atoms with E-state index in [1.165, 1.54) is 7.11 Å². The molecule has 2 unspecified atom stereocenters. The number of amides is 1. The van der Waals surface area contributed by atoms with E-state index in [-0.39, 0.29) is 24.0 Å². The molecule has 2 atom stereocenters. The molecule has 4 nitrogen and oxygen atoms in total. The predicted octanol–water partition coefficient (Wildman–Crippen LogP) is 0.935. The van der Waals surface area contributed by atoms with Gasteiger partial charge in [0.1, 0.15) is 6.10 Å². The van der Waals surface area contributed by atoms with Gasteiger partial charge in [0, 0.05) is 7.11 Å². The molecular weight excluding hydrogens is 194 g/mol. The minimum Gasteiger partial charge on any atom is -0.394 e. The fraction of sp³-hybridized carbons (Fsp3) is 0.909. The Balaban J connectivity index is 4.16. The maximum Gasteiger partial charge on any atom is 0.249 e. The van der Waals surface area contributed by atoms with Gasteiger partial charge in [0.25, 0.3) is 0 Å². The molecule has 0 aliphatic heterocycles. The molecule has 0 saturated heterocycles. The number of hydrogen-bond acceptors (Lipinski definition) is 3. The Labute approximate surface area is 92.0 Å². The van der Waals surface area contributed by atoms with E-state index in [2.05, 4.69) is 26.1 Å². The summed E-state index contributed by atoms with van der Waals surface area (Å²) in [4.78, 5) is 11.5. The topological polar surface area (TPSA) is 58.6 Å². The molecule has 2 N–H and O–H groups in total. The van der Waals surface area contributed by atoms with Gasteiger partial charge < -0.3 is 15.2 Å². The van der Waals surface area contributed by atoms with E-state index in [4.69, 9.17) is 9.84 Å². The molecule has 0 spiro atoms. The molecule has 15 heavy (non-hydrogen) atoms. The van der Waals surface area contributed by atoms with Crippen molar-refractivity contribution in [2.24, 2.45) is 5.41 Å². The van der Waals surface area contributed by atoms with E-state index in [0.29, 0.717) is 0 Å². The van der Waals surface area contributed by atoms with Crippen molar-refractivity contribution in [2.75, 3.05) is 13.7 Å². The van der Waals surface area contributed by atoms with Gasteiger partial charge in [-0.1, -0.05) is 20.8 Å². The summed E-state index contributed by atoms with van der Waals surface area (Å²) in [6.45, 7) is 7.85. The highest BCUT2D eigenvalue weighted by Gasteiger charge is 2.21. The lowest BCUT2D eigenvalue weighted by Gasteiger charge is -2.26. The highest BCUT2D eigenvalue weighted by molar-refractivity contribution is 5.80. The van der Waals surface area contributed by atoms with Crippen molar-refractivity contribution in [3.05, 3.63) is 0 Å². The van der Waals surface area contributed by atoms with Gasteiger partial charge in [0.2, 0.25) is 5.91 Å². The summed E-state index contributed by atoms with van der Waals surface area (Å²) in [6, 6.07) is -0.199. The van der Waals surface area contributed by atoms with Gasteiger partial charge in [-0.3, -0.25) is 4.79 Å². The molecule has 1 amide bonds.